The third kappa shape index (κ3) is 37.6. The van der Waals surface area contributed by atoms with E-state index in [1.165, 1.54) is 56.4 Å². The quantitative estimate of drug-likeness (QED) is 0.0227. The molecule has 1 aromatic carbocycles. The van der Waals surface area contributed by atoms with Crippen LogP contribution in [0.15, 0.2) is 59.7 Å². The molecular weight excluding hydrogens is 1540 g/mol. The number of rotatable bonds is 23. The van der Waals surface area contributed by atoms with Gasteiger partial charge in [-0.2, -0.15) is 26.3 Å². The van der Waals surface area contributed by atoms with Crippen LogP contribution in [0.5, 0.6) is 0 Å². The third-order valence-corrected chi connectivity index (χ3v) is 16.3. The normalized spacial score (nSPS) is 21.9. The molecule has 1 aliphatic heterocycles. The molecule has 1 aliphatic rings. The van der Waals surface area contributed by atoms with Crippen molar-refractivity contribution in [1.82, 2.24) is 68.8 Å². The van der Waals surface area contributed by atoms with E-state index in [0.29, 0.717) is 0 Å². The van der Waals surface area contributed by atoms with Gasteiger partial charge in [0.05, 0.1) is 31.4 Å². The van der Waals surface area contributed by atoms with Gasteiger partial charge in [0.15, 0.2) is 12.1 Å². The molecule has 0 spiro atoms. The highest BCUT2D eigenvalue weighted by atomic mass is 19.4. The number of halogens is 6. The van der Waals surface area contributed by atoms with E-state index < -0.39 is 234 Å². The van der Waals surface area contributed by atoms with Crippen LogP contribution in [-0.2, 0) is 78.3 Å². The summed E-state index contributed by atoms with van der Waals surface area (Å²) in [5.74, 6) is -22.7. The Bertz CT molecular complexity index is 3640. The van der Waals surface area contributed by atoms with Crippen LogP contribution >= 0.6 is 0 Å². The van der Waals surface area contributed by atoms with Crippen molar-refractivity contribution in [3.8, 4) is 0 Å². The van der Waals surface area contributed by atoms with Crippen LogP contribution in [0.3, 0.4) is 0 Å². The van der Waals surface area contributed by atoms with Gasteiger partial charge in [0.25, 0.3) is 0 Å². The Kier molecular flexibility index (Phi) is 41.6. The molecular formula is C70H107F6N17O22. The lowest BCUT2D eigenvalue weighted by molar-refractivity contribution is -0.193. The average molecular weight is 1650 g/mol. The number of aliphatic carboxylic acids is 2. The maximum absolute atomic E-state index is 15.7. The Labute approximate surface area is 657 Å². The summed E-state index contributed by atoms with van der Waals surface area (Å²) in [5, 5.41) is 88.2. The zero-order chi connectivity index (χ0) is 88.5. The van der Waals surface area contributed by atoms with Gasteiger partial charge in [0, 0.05) is 24.9 Å². The number of carbonyl (C=O) groups excluding carboxylic acids is 13. The molecule has 15 atom stereocenters. The number of nitrogens with two attached hydrogens (primary N) is 3. The van der Waals surface area contributed by atoms with Crippen LogP contribution in [0, 0.1) is 23.2 Å². The van der Waals surface area contributed by atoms with Crippen molar-refractivity contribution < 1.29 is 134 Å². The van der Waals surface area contributed by atoms with E-state index in [0.717, 1.165) is 6.92 Å². The van der Waals surface area contributed by atoms with Gasteiger partial charge < -0.3 is 116 Å². The Morgan fingerprint density at radius 1 is 0.609 bits per heavy atom. The number of carboxylic acid groups (broad SMARTS) is 2. The molecule has 0 bridgehead atoms. The maximum atomic E-state index is 15.7. The van der Waals surface area contributed by atoms with Crippen molar-refractivity contribution in [3.63, 3.8) is 0 Å². The minimum atomic E-state index is -5.08. The van der Waals surface area contributed by atoms with Crippen LogP contribution in [0.4, 0.5) is 31.1 Å². The number of pyridine rings is 1. The van der Waals surface area contributed by atoms with E-state index in [9.17, 15) is 94.7 Å². The van der Waals surface area contributed by atoms with Crippen molar-refractivity contribution in [2.45, 2.75) is 231 Å². The summed E-state index contributed by atoms with van der Waals surface area (Å²) >= 11 is 0. The number of hydrogen-bond donors (Lipinski definition) is 21. The topological polar surface area (TPSA) is 634 Å². The molecule has 24 N–H and O–H groups in total. The van der Waals surface area contributed by atoms with E-state index >= 15 is 14.4 Å². The Morgan fingerprint density at radius 2 is 1.11 bits per heavy atom. The molecule has 1 fully saturated rings. The highest BCUT2D eigenvalue weighted by Crippen LogP contribution is 2.24. The predicted molar refractivity (Wildman–Crippen MR) is 394 cm³/mol. The minimum absolute atomic E-state index is 0.0266. The molecule has 1 aromatic heterocycles. The van der Waals surface area contributed by atoms with Crippen molar-refractivity contribution >= 4 is 94.9 Å². The number of guanidine groups is 1. The van der Waals surface area contributed by atoms with E-state index in [1.54, 1.807) is 81.4 Å². The van der Waals surface area contributed by atoms with Gasteiger partial charge in [-0.05, 0) is 94.2 Å². The number of amides is 13. The van der Waals surface area contributed by atoms with Crippen LogP contribution in [-0.4, -0.2) is 247 Å². The molecule has 13 amide bonds. The number of alkyl carbamates (subject to hydrolysis) is 1. The second-order valence-corrected chi connectivity index (χ2v) is 29.4. The lowest BCUT2D eigenvalue weighted by atomic mass is 9.87. The van der Waals surface area contributed by atoms with Gasteiger partial charge in [-0.1, -0.05) is 105 Å². The standard InChI is InChI=1S/C66H105N17O18.2C2HF3O2/c1-14-34(6)44-59(96)80-45(35(7)85)58(95)72-30-43(86)78-49(51(88)52(67)89)62(99)76-42(31-84)57(94)81-46(36-21-16-15-17-22-36)47(82-55(92)40(28-37-23-18-19-25-70-37)74-56(93)41(29-65(8,9)10)77-64(100)101-66(11,12)13)60(97)83-48(50(87)33(4)5)61(98)75-39(27-32(2)3)54(91)73-38(53(90)79-44)24-20-26-71-63(68)69;2*3-2(4,5)1(6)7/h15-19,21-23,25,32-35,38-42,44-51,84-85,87-88H,14,20,24,26-31H2,1-13H3,(H2,67,89)(H,72,95)(H,73,91)(H,74,93)(H,75,98)(H,76,99)(H,77,100)(H,78,86)(H,79,90)(H,80,96)(H,81,94)(H,82,92)(H,83,97)(H4,68,69,71);2*(H,6,7)/t34-,35-,38+,39-,40-,41+,42-,44-,45-,46+,47-,48-,49-,50+,51-;;/m0../s1. The maximum Gasteiger partial charge on any atom is 0.490 e. The predicted octanol–water partition coefficient (Wildman–Crippen LogP) is -3.05. The molecule has 646 valence electrons. The third-order valence-electron chi connectivity index (χ3n) is 16.3. The summed E-state index contributed by atoms with van der Waals surface area (Å²) in [6, 6.07) is -8.61. The first-order chi connectivity index (χ1) is 53.0. The Balaban J connectivity index is 0.00000429. The van der Waals surface area contributed by atoms with Crippen molar-refractivity contribution in [1.29, 1.82) is 0 Å². The molecule has 3 rings (SSSR count). The van der Waals surface area contributed by atoms with Gasteiger partial charge in [-0.15, -0.1) is 0 Å². The molecule has 0 radical (unpaired) electrons. The zero-order valence-corrected chi connectivity index (χ0v) is 65.5. The first-order valence-electron chi connectivity index (χ1n) is 35.8. The number of hydrogen-bond acceptors (Lipinski definition) is 22. The smallest absolute Gasteiger partial charge is 0.475 e. The summed E-state index contributed by atoms with van der Waals surface area (Å²) in [6.45, 7) is 18.3. The molecule has 115 heavy (non-hydrogen) atoms. The van der Waals surface area contributed by atoms with E-state index in [2.05, 4.69) is 68.5 Å². The highest BCUT2D eigenvalue weighted by molar-refractivity contribution is 6.01. The van der Waals surface area contributed by atoms with Gasteiger partial charge in [0.2, 0.25) is 70.9 Å². The summed E-state index contributed by atoms with van der Waals surface area (Å²) < 4.78 is 69.0. The molecule has 45 heteroatoms. The molecule has 0 saturated carbocycles. The van der Waals surface area contributed by atoms with Crippen molar-refractivity contribution in [2.24, 2.45) is 45.4 Å². The van der Waals surface area contributed by atoms with Crippen LogP contribution < -0.4 is 81.0 Å². The lowest BCUT2D eigenvalue weighted by Gasteiger charge is -2.34. The summed E-state index contributed by atoms with van der Waals surface area (Å²) in [5.41, 5.74) is 15.0. The largest absolute Gasteiger partial charge is 0.490 e. The molecule has 2 aromatic rings. The second-order valence-electron chi connectivity index (χ2n) is 29.4. The van der Waals surface area contributed by atoms with Gasteiger partial charge in [-0.3, -0.25) is 67.5 Å². The number of nitrogens with one attached hydrogen (secondary N) is 12. The van der Waals surface area contributed by atoms with E-state index in [-0.39, 0.29) is 55.9 Å². The van der Waals surface area contributed by atoms with Gasteiger partial charge in [-0.25, -0.2) is 14.4 Å². The number of aliphatic imine (C=N–C) groups is 1. The fraction of sp³-hybridized carbons (Fsp3) is 0.614. The lowest BCUT2D eigenvalue weighted by Crippen LogP contribution is -2.65. The number of aliphatic hydroxyl groups excluding tert-OH is 4. The fourth-order valence-corrected chi connectivity index (χ4v) is 10.3. The first kappa shape index (κ1) is 102. The molecule has 1 saturated heterocycles. The van der Waals surface area contributed by atoms with Crippen molar-refractivity contribution in [3.05, 3.63) is 66.0 Å². The number of aromatic nitrogens is 1. The number of primary amides is 1. The Morgan fingerprint density at radius 3 is 1.59 bits per heavy atom. The van der Waals surface area contributed by atoms with E-state index in [4.69, 9.17) is 41.7 Å². The van der Waals surface area contributed by atoms with Crippen LogP contribution in [0.2, 0.25) is 0 Å². The monoisotopic (exact) mass is 1650 g/mol. The molecule has 0 unspecified atom stereocenters. The molecule has 39 nitrogen and oxygen atoms in total. The zero-order valence-electron chi connectivity index (χ0n) is 65.5. The Hall–Kier alpha value is -11.1. The minimum Gasteiger partial charge on any atom is -0.475 e. The number of aliphatic hydroxyl groups is 4. The number of benzene rings is 1. The first-order valence-corrected chi connectivity index (χ1v) is 35.8. The highest BCUT2D eigenvalue weighted by Gasteiger charge is 2.45. The van der Waals surface area contributed by atoms with Gasteiger partial charge >= 0.3 is 30.4 Å². The summed E-state index contributed by atoms with van der Waals surface area (Å²) in [7, 11) is 0. The average Bonchev–Trinajstić information content (AvgIpc) is 0.810. The second kappa shape index (κ2) is 46.9. The van der Waals surface area contributed by atoms with E-state index in [1.807, 2.05) is 5.32 Å². The number of carbonyl (C=O) groups is 15. The SMILES string of the molecule is CC[C@H](C)[C@@H]1NC(=O)[C@@H](CCCN=C(N)N)NC(=O)[C@H](CC(C)C)NC(=O)[C@H]([C@H](O)C(C)C)NC(=O)[C@@H](NC(=O)[C@H](Cc2ccccn2)NC(=O)[C@@H](CC(C)(C)C)NC(=O)OC(C)(C)C)[C@@H](c2ccccc2)NC(=O)[C@H](CO)NC(=O)[C@H]([C@H](O)C(N)=O)NC(=O)CNC(=O)[C@H]([C@H](C)O)NC1=O.O=C(O)C(F)(F)F.O=C(O)C(F)(F)F. The summed E-state index contributed by atoms with van der Waals surface area (Å²) in [4.78, 5) is 213. The number of ether oxygens (including phenoxy) is 1. The molecule has 2 heterocycles. The van der Waals surface area contributed by atoms with Crippen LogP contribution in [0.25, 0.3) is 0 Å². The van der Waals surface area contributed by atoms with Crippen molar-refractivity contribution in [2.75, 3.05) is 19.7 Å². The molecule has 0 aliphatic carbocycles. The number of nitrogens with zero attached hydrogens (tertiary/aromatic N) is 2. The summed E-state index contributed by atoms with van der Waals surface area (Å²) in [6.07, 6.45) is -16.5. The number of carboxylic acids is 2. The van der Waals surface area contributed by atoms with Gasteiger partial charge in [0.1, 0.15) is 66.0 Å². The van der Waals surface area contributed by atoms with Crippen LogP contribution in [0.1, 0.15) is 139 Å². The fourth-order valence-electron chi connectivity index (χ4n) is 10.3. The number of alkyl halides is 6.